The Bertz CT molecular complexity index is 925. The first kappa shape index (κ1) is 19.1. The van der Waals surface area contributed by atoms with E-state index in [1.165, 1.54) is 0 Å². The van der Waals surface area contributed by atoms with Gasteiger partial charge in [0, 0.05) is 25.5 Å². The van der Waals surface area contributed by atoms with Crippen molar-refractivity contribution in [3.05, 3.63) is 47.6 Å². The van der Waals surface area contributed by atoms with E-state index in [0.29, 0.717) is 13.0 Å². The summed E-state index contributed by atoms with van der Waals surface area (Å²) in [5.74, 6) is 2.12. The fourth-order valence-electron chi connectivity index (χ4n) is 3.41. The van der Waals surface area contributed by atoms with E-state index < -0.39 is 0 Å². The third-order valence-corrected chi connectivity index (χ3v) is 4.89. The Labute approximate surface area is 160 Å². The first-order chi connectivity index (χ1) is 13.0. The van der Waals surface area contributed by atoms with Crippen LogP contribution in [0.1, 0.15) is 63.4 Å². The Hall–Kier alpha value is -2.63. The first-order valence-corrected chi connectivity index (χ1v) is 9.62. The molecule has 6 nitrogen and oxygen atoms in total. The molecular weight excluding hydrogens is 340 g/mol. The van der Waals surface area contributed by atoms with Crippen molar-refractivity contribution in [3.63, 3.8) is 0 Å². The fraction of sp³-hybridized carbons (Fsp3) is 0.476. The molecule has 1 amide bonds. The predicted octanol–water partition coefficient (Wildman–Crippen LogP) is 4.32. The van der Waals surface area contributed by atoms with Crippen molar-refractivity contribution in [2.24, 2.45) is 0 Å². The second-order valence-electron chi connectivity index (χ2n) is 7.23. The summed E-state index contributed by atoms with van der Waals surface area (Å²) < 4.78 is 7.45. The van der Waals surface area contributed by atoms with E-state index in [2.05, 4.69) is 30.5 Å². The minimum atomic E-state index is -0.283. The molecular formula is C21H28N4O2. The number of aryl methyl sites for hydroxylation is 1. The summed E-state index contributed by atoms with van der Waals surface area (Å²) in [6.45, 7) is 8.66. The van der Waals surface area contributed by atoms with Crippen LogP contribution in [0.4, 0.5) is 0 Å². The third-order valence-electron chi connectivity index (χ3n) is 4.89. The van der Waals surface area contributed by atoms with Crippen LogP contribution in [0.15, 0.2) is 34.9 Å². The molecule has 3 aromatic rings. The Morgan fingerprint density at radius 1 is 1.26 bits per heavy atom. The summed E-state index contributed by atoms with van der Waals surface area (Å²) in [4.78, 5) is 19.7. The summed E-state index contributed by atoms with van der Waals surface area (Å²) in [7, 11) is 1.82. The lowest BCUT2D eigenvalue weighted by Gasteiger charge is -2.25. The second kappa shape index (κ2) is 7.94. The van der Waals surface area contributed by atoms with Crippen LogP contribution in [0.5, 0.6) is 0 Å². The zero-order chi connectivity index (χ0) is 19.6. The summed E-state index contributed by atoms with van der Waals surface area (Å²) in [5.41, 5.74) is 2.71. The van der Waals surface area contributed by atoms with Crippen molar-refractivity contribution < 1.29 is 9.32 Å². The molecule has 0 radical (unpaired) electrons. The molecule has 0 aliphatic carbocycles. The summed E-state index contributed by atoms with van der Waals surface area (Å²) >= 11 is 0. The molecule has 2 aromatic heterocycles. The Morgan fingerprint density at radius 3 is 2.63 bits per heavy atom. The average Bonchev–Trinajstić information content (AvgIpc) is 3.27. The van der Waals surface area contributed by atoms with Crippen molar-refractivity contribution in [1.29, 1.82) is 0 Å². The molecule has 6 heteroatoms. The van der Waals surface area contributed by atoms with Gasteiger partial charge >= 0.3 is 0 Å². The van der Waals surface area contributed by atoms with Crippen LogP contribution in [-0.4, -0.2) is 32.6 Å². The highest BCUT2D eigenvalue weighted by molar-refractivity contribution is 5.84. The van der Waals surface area contributed by atoms with E-state index in [-0.39, 0.29) is 17.9 Å². The van der Waals surface area contributed by atoms with Gasteiger partial charge in [-0.1, -0.05) is 45.0 Å². The quantitative estimate of drug-likeness (QED) is 0.623. The Balaban J connectivity index is 1.87. The normalized spacial score (nSPS) is 12.7. The molecule has 1 aromatic carbocycles. The number of aromatic nitrogens is 3. The van der Waals surface area contributed by atoms with Gasteiger partial charge in [-0.05, 0) is 18.6 Å². The van der Waals surface area contributed by atoms with Crippen LogP contribution in [0.2, 0.25) is 0 Å². The van der Waals surface area contributed by atoms with Crippen molar-refractivity contribution in [2.45, 2.75) is 59.0 Å². The molecule has 3 rings (SSSR count). The topological polar surface area (TPSA) is 64.2 Å². The second-order valence-corrected chi connectivity index (χ2v) is 7.23. The monoisotopic (exact) mass is 368 g/mol. The van der Waals surface area contributed by atoms with E-state index in [0.717, 1.165) is 34.7 Å². The number of fused-ring (bicyclic) bond motifs is 1. The van der Waals surface area contributed by atoms with Gasteiger partial charge in [0.15, 0.2) is 0 Å². The molecule has 0 spiro atoms. The lowest BCUT2D eigenvalue weighted by molar-refractivity contribution is -0.134. The standard InChI is InChI=1S/C21H28N4O2/c1-6-17(25-18-11-9-8-10-16(18)22-20(25)7-2)21(26)24(5)13-15-12-19(14(3)4)27-23-15/h8-12,14,17H,6-7,13H2,1-5H3/t17-/m1/s1. The van der Waals surface area contributed by atoms with Gasteiger partial charge in [-0.2, -0.15) is 0 Å². The van der Waals surface area contributed by atoms with Crippen LogP contribution in [0, 0.1) is 0 Å². The van der Waals surface area contributed by atoms with Crippen LogP contribution < -0.4 is 0 Å². The number of hydrogen-bond donors (Lipinski definition) is 0. The van der Waals surface area contributed by atoms with Gasteiger partial charge in [-0.3, -0.25) is 4.79 Å². The maximum Gasteiger partial charge on any atom is 0.245 e. The van der Waals surface area contributed by atoms with E-state index >= 15 is 0 Å². The number of benzene rings is 1. The van der Waals surface area contributed by atoms with Gasteiger partial charge in [0.2, 0.25) is 5.91 Å². The van der Waals surface area contributed by atoms with Crippen LogP contribution >= 0.6 is 0 Å². The molecule has 0 N–H and O–H groups in total. The number of rotatable bonds is 7. The number of carbonyl (C=O) groups is 1. The smallest absolute Gasteiger partial charge is 0.245 e. The number of para-hydroxylation sites is 2. The van der Waals surface area contributed by atoms with Gasteiger partial charge in [0.25, 0.3) is 0 Å². The molecule has 1 atom stereocenters. The molecule has 2 heterocycles. The van der Waals surface area contributed by atoms with Crippen LogP contribution in [0.25, 0.3) is 11.0 Å². The number of hydrogen-bond acceptors (Lipinski definition) is 4. The lowest BCUT2D eigenvalue weighted by atomic mass is 10.1. The van der Waals surface area contributed by atoms with Crippen molar-refractivity contribution >= 4 is 16.9 Å². The lowest BCUT2D eigenvalue weighted by Crippen LogP contribution is -2.34. The minimum Gasteiger partial charge on any atom is -0.361 e. The summed E-state index contributed by atoms with van der Waals surface area (Å²) in [6, 6.07) is 9.64. The number of imidazole rings is 1. The molecule has 0 saturated carbocycles. The highest BCUT2D eigenvalue weighted by Crippen LogP contribution is 2.26. The van der Waals surface area contributed by atoms with Gasteiger partial charge in [-0.25, -0.2) is 4.98 Å². The van der Waals surface area contributed by atoms with Crippen LogP contribution in [0.3, 0.4) is 0 Å². The van der Waals surface area contributed by atoms with Crippen molar-refractivity contribution in [3.8, 4) is 0 Å². The van der Waals surface area contributed by atoms with Gasteiger partial charge in [0.1, 0.15) is 23.3 Å². The van der Waals surface area contributed by atoms with E-state index in [9.17, 15) is 4.79 Å². The van der Waals surface area contributed by atoms with Crippen molar-refractivity contribution in [1.82, 2.24) is 19.6 Å². The molecule has 0 saturated heterocycles. The van der Waals surface area contributed by atoms with Gasteiger partial charge in [0.05, 0.1) is 17.6 Å². The molecule has 0 aliphatic rings. The number of amides is 1. The Kier molecular flexibility index (Phi) is 5.63. The van der Waals surface area contributed by atoms with Crippen molar-refractivity contribution in [2.75, 3.05) is 7.05 Å². The summed E-state index contributed by atoms with van der Waals surface area (Å²) in [6.07, 6.45) is 1.48. The highest BCUT2D eigenvalue weighted by Gasteiger charge is 2.26. The first-order valence-electron chi connectivity index (χ1n) is 9.62. The third kappa shape index (κ3) is 3.75. The maximum absolute atomic E-state index is 13.2. The molecule has 0 aliphatic heterocycles. The molecule has 144 valence electrons. The SMILES string of the molecule is CCc1nc2ccccc2n1[C@H](CC)C(=O)N(C)Cc1cc(C(C)C)on1. The minimum absolute atomic E-state index is 0.0597. The number of nitrogens with zero attached hydrogens (tertiary/aromatic N) is 4. The number of likely N-dealkylation sites (N-methyl/N-ethyl adjacent to an activating group) is 1. The fourth-order valence-corrected chi connectivity index (χ4v) is 3.41. The molecule has 0 bridgehead atoms. The Morgan fingerprint density at radius 2 is 2.00 bits per heavy atom. The number of carbonyl (C=O) groups excluding carboxylic acids is 1. The predicted molar refractivity (Wildman–Crippen MR) is 106 cm³/mol. The van der Waals surface area contributed by atoms with E-state index in [4.69, 9.17) is 9.51 Å². The maximum atomic E-state index is 13.2. The molecule has 0 fully saturated rings. The largest absolute Gasteiger partial charge is 0.361 e. The zero-order valence-electron chi connectivity index (χ0n) is 16.8. The zero-order valence-corrected chi connectivity index (χ0v) is 16.8. The summed E-state index contributed by atoms with van der Waals surface area (Å²) in [5, 5.41) is 4.10. The highest BCUT2D eigenvalue weighted by atomic mass is 16.5. The van der Waals surface area contributed by atoms with Gasteiger partial charge in [-0.15, -0.1) is 0 Å². The van der Waals surface area contributed by atoms with Crippen LogP contribution in [-0.2, 0) is 17.8 Å². The average molecular weight is 368 g/mol. The van der Waals surface area contributed by atoms with E-state index in [1.54, 1.807) is 4.90 Å². The molecule has 0 unspecified atom stereocenters. The van der Waals surface area contributed by atoms with E-state index in [1.807, 2.05) is 44.3 Å². The molecule has 27 heavy (non-hydrogen) atoms. The van der Waals surface area contributed by atoms with Gasteiger partial charge < -0.3 is 14.0 Å².